The number of nitrogens with one attached hydrogen (secondary N) is 2. The molecule has 0 aromatic heterocycles. The molecule has 0 bridgehead atoms. The molecule has 9 heteroatoms. The Labute approximate surface area is 149 Å². The predicted octanol–water partition coefficient (Wildman–Crippen LogP) is 3.43. The Morgan fingerprint density at radius 1 is 1.04 bits per heavy atom. The van der Waals surface area contributed by atoms with Gasteiger partial charge in [-0.15, -0.1) is 0 Å². The van der Waals surface area contributed by atoms with Crippen LogP contribution >= 0.6 is 0 Å². The zero-order valence-corrected chi connectivity index (χ0v) is 14.8. The molecule has 2 N–H and O–H groups in total. The highest BCUT2D eigenvalue weighted by atomic mass is 32.2. The quantitative estimate of drug-likeness (QED) is 0.747. The van der Waals surface area contributed by atoms with Crippen LogP contribution in [0.15, 0.2) is 36.4 Å². The van der Waals surface area contributed by atoms with Gasteiger partial charge in [0.15, 0.2) is 17.5 Å². The third kappa shape index (κ3) is 4.98. The molecule has 2 aromatic carbocycles. The molecular weight excluding hydrogens is 369 g/mol. The lowest BCUT2D eigenvalue weighted by Crippen LogP contribution is -2.30. The van der Waals surface area contributed by atoms with Crippen LogP contribution in [0.25, 0.3) is 0 Å². The molecule has 0 radical (unpaired) electrons. The number of hydrogen-bond donors (Lipinski definition) is 2. The van der Waals surface area contributed by atoms with Crippen LogP contribution in [-0.4, -0.2) is 20.1 Å². The summed E-state index contributed by atoms with van der Waals surface area (Å²) in [7, 11) is -3.85. The van der Waals surface area contributed by atoms with Gasteiger partial charge in [-0.1, -0.05) is 24.6 Å². The van der Waals surface area contributed by atoms with Gasteiger partial charge < -0.3 is 5.32 Å². The van der Waals surface area contributed by atoms with Gasteiger partial charge in [-0.2, -0.15) is 0 Å². The van der Waals surface area contributed by atoms with Crippen LogP contribution in [0.1, 0.15) is 12.5 Å². The van der Waals surface area contributed by atoms with Crippen LogP contribution < -0.4 is 10.0 Å². The number of rotatable bonds is 6. The zero-order chi connectivity index (χ0) is 19.5. The number of benzene rings is 2. The molecule has 0 aliphatic heterocycles. The molecule has 1 amide bonds. The van der Waals surface area contributed by atoms with Crippen LogP contribution in [0.4, 0.5) is 24.5 Å². The summed E-state index contributed by atoms with van der Waals surface area (Å²) in [5, 5.41) is 2.06. The Morgan fingerprint density at radius 2 is 1.65 bits per heavy atom. The maximum atomic E-state index is 13.6. The van der Waals surface area contributed by atoms with Crippen molar-refractivity contribution in [3.05, 3.63) is 59.4 Å². The number of anilines is 2. The molecule has 140 valence electrons. The van der Waals surface area contributed by atoms with Crippen LogP contribution in [0.2, 0.25) is 0 Å². The Kier molecular flexibility index (Phi) is 5.91. The van der Waals surface area contributed by atoms with Crippen molar-refractivity contribution in [2.45, 2.75) is 13.8 Å². The van der Waals surface area contributed by atoms with Crippen molar-refractivity contribution in [2.75, 3.05) is 15.8 Å². The number of aryl methyl sites for hydroxylation is 1. The van der Waals surface area contributed by atoms with E-state index in [1.807, 2.05) is 6.92 Å². The molecule has 0 heterocycles. The summed E-state index contributed by atoms with van der Waals surface area (Å²) in [6, 6.07) is 8.12. The molecule has 0 saturated heterocycles. The monoisotopic (exact) mass is 386 g/mol. The minimum atomic E-state index is -3.85. The number of amides is 1. The molecule has 0 aliphatic carbocycles. The molecule has 2 aromatic rings. The lowest BCUT2D eigenvalue weighted by atomic mass is 10.2. The van der Waals surface area contributed by atoms with E-state index in [1.54, 1.807) is 24.3 Å². The Morgan fingerprint density at radius 3 is 2.27 bits per heavy atom. The Balaban J connectivity index is 2.04. The molecule has 0 aliphatic rings. The number of hydrogen-bond acceptors (Lipinski definition) is 3. The first-order valence-corrected chi connectivity index (χ1v) is 9.26. The van der Waals surface area contributed by atoms with Crippen molar-refractivity contribution in [1.29, 1.82) is 0 Å². The van der Waals surface area contributed by atoms with Crippen LogP contribution in [0, 0.1) is 30.3 Å². The van der Waals surface area contributed by atoms with E-state index in [1.165, 1.54) is 6.92 Å². The van der Waals surface area contributed by atoms with Gasteiger partial charge in [0, 0.05) is 5.69 Å². The lowest BCUT2D eigenvalue weighted by molar-refractivity contribution is -0.118. The van der Waals surface area contributed by atoms with E-state index in [0.717, 1.165) is 11.6 Å². The Bertz CT molecular complexity index is 916. The van der Waals surface area contributed by atoms with Crippen molar-refractivity contribution in [3.63, 3.8) is 0 Å². The van der Waals surface area contributed by atoms with Crippen LogP contribution in [0.3, 0.4) is 0 Å². The minimum absolute atomic E-state index is 0.342. The second kappa shape index (κ2) is 7.77. The smallest absolute Gasteiger partial charge is 0.233 e. The zero-order valence-electron chi connectivity index (χ0n) is 14.0. The van der Waals surface area contributed by atoms with Gasteiger partial charge >= 0.3 is 0 Å². The van der Waals surface area contributed by atoms with Crippen molar-refractivity contribution in [1.82, 2.24) is 0 Å². The molecular formula is C17H17F3N2O3S. The largest absolute Gasteiger partial charge is 0.323 e. The van der Waals surface area contributed by atoms with E-state index in [4.69, 9.17) is 0 Å². The standard InChI is InChI=1S/C17H17F3N2O3S/c1-10-3-5-12(6-4-10)22-26(24,25)9-11(2)17(23)21-14-8-7-13(18)15(19)16(14)20/h3-8,11,22H,9H2,1-2H3,(H,21,23). The molecule has 5 nitrogen and oxygen atoms in total. The number of halogens is 3. The SMILES string of the molecule is Cc1ccc(NS(=O)(=O)CC(C)C(=O)Nc2ccc(F)c(F)c2F)cc1. The molecule has 0 fully saturated rings. The van der Waals surface area contributed by atoms with Gasteiger partial charge in [0.1, 0.15) is 0 Å². The number of carbonyl (C=O) groups is 1. The van der Waals surface area contributed by atoms with E-state index in [0.29, 0.717) is 11.8 Å². The summed E-state index contributed by atoms with van der Waals surface area (Å²) in [4.78, 5) is 12.0. The number of sulfonamides is 1. The van der Waals surface area contributed by atoms with Gasteiger partial charge in [0.05, 0.1) is 17.4 Å². The van der Waals surface area contributed by atoms with E-state index in [-0.39, 0.29) is 0 Å². The topological polar surface area (TPSA) is 75.3 Å². The minimum Gasteiger partial charge on any atom is -0.323 e. The maximum absolute atomic E-state index is 13.6. The van der Waals surface area contributed by atoms with Crippen molar-refractivity contribution < 1.29 is 26.4 Å². The van der Waals surface area contributed by atoms with Gasteiger partial charge in [-0.05, 0) is 31.2 Å². The van der Waals surface area contributed by atoms with Gasteiger partial charge in [-0.3, -0.25) is 9.52 Å². The molecule has 1 unspecified atom stereocenters. The summed E-state index contributed by atoms with van der Waals surface area (Å²) in [6.45, 7) is 3.17. The second-order valence-corrected chi connectivity index (χ2v) is 7.63. The van der Waals surface area contributed by atoms with E-state index in [9.17, 15) is 26.4 Å². The summed E-state index contributed by atoms with van der Waals surface area (Å²) in [5.41, 5.74) is 0.730. The summed E-state index contributed by atoms with van der Waals surface area (Å²) in [6.07, 6.45) is 0. The van der Waals surface area contributed by atoms with Crippen molar-refractivity contribution >= 4 is 27.3 Å². The fraction of sp³-hybridized carbons (Fsp3) is 0.235. The average molecular weight is 386 g/mol. The van der Waals surface area contributed by atoms with Crippen LogP contribution in [-0.2, 0) is 14.8 Å². The van der Waals surface area contributed by atoms with Crippen LogP contribution in [0.5, 0.6) is 0 Å². The lowest BCUT2D eigenvalue weighted by Gasteiger charge is -2.14. The molecule has 1 atom stereocenters. The molecule has 26 heavy (non-hydrogen) atoms. The fourth-order valence-corrected chi connectivity index (χ4v) is 3.51. The van der Waals surface area contributed by atoms with E-state index in [2.05, 4.69) is 10.0 Å². The average Bonchev–Trinajstić information content (AvgIpc) is 2.56. The van der Waals surface area contributed by atoms with Gasteiger partial charge in [0.25, 0.3) is 0 Å². The second-order valence-electron chi connectivity index (χ2n) is 5.86. The molecule has 0 saturated carbocycles. The molecule has 0 spiro atoms. The summed E-state index contributed by atoms with van der Waals surface area (Å²) >= 11 is 0. The van der Waals surface area contributed by atoms with E-state index >= 15 is 0 Å². The first-order valence-electron chi connectivity index (χ1n) is 7.60. The van der Waals surface area contributed by atoms with Gasteiger partial charge in [-0.25, -0.2) is 21.6 Å². The summed E-state index contributed by atoms with van der Waals surface area (Å²) < 4.78 is 66.3. The normalized spacial score (nSPS) is 12.5. The first-order chi connectivity index (χ1) is 12.1. The highest BCUT2D eigenvalue weighted by Gasteiger charge is 2.23. The van der Waals surface area contributed by atoms with Crippen molar-refractivity contribution in [2.24, 2.45) is 5.92 Å². The highest BCUT2D eigenvalue weighted by molar-refractivity contribution is 7.92. The fourth-order valence-electron chi connectivity index (χ4n) is 2.13. The third-order valence-corrected chi connectivity index (χ3v) is 5.02. The summed E-state index contributed by atoms with van der Waals surface area (Å²) in [5.74, 6) is -7.14. The first kappa shape index (κ1) is 19.8. The maximum Gasteiger partial charge on any atom is 0.233 e. The highest BCUT2D eigenvalue weighted by Crippen LogP contribution is 2.20. The molecule has 2 rings (SSSR count). The third-order valence-electron chi connectivity index (χ3n) is 3.53. The predicted molar refractivity (Wildman–Crippen MR) is 92.7 cm³/mol. The van der Waals surface area contributed by atoms with Crippen molar-refractivity contribution in [3.8, 4) is 0 Å². The Hall–Kier alpha value is -2.55. The number of carbonyl (C=O) groups excluding carboxylic acids is 1. The van der Waals surface area contributed by atoms with Gasteiger partial charge in [0.2, 0.25) is 15.9 Å². The van der Waals surface area contributed by atoms with E-state index < -0.39 is 50.7 Å².